The van der Waals surface area contributed by atoms with Crippen LogP contribution in [0.3, 0.4) is 0 Å². The molecule has 0 aliphatic carbocycles. The molecule has 1 aliphatic rings. The van der Waals surface area contributed by atoms with Gasteiger partial charge in [-0.05, 0) is 19.4 Å². The highest BCUT2D eigenvalue weighted by molar-refractivity contribution is 6.61. The minimum atomic E-state index is -1.64. The number of hydrogen-bond donors (Lipinski definition) is 2. The summed E-state index contributed by atoms with van der Waals surface area (Å²) in [5.74, 6) is 0.583. The van der Waals surface area contributed by atoms with Crippen LogP contribution in [0, 0.1) is 6.92 Å². The molecule has 2 heterocycles. The van der Waals surface area contributed by atoms with Crippen LogP contribution < -0.4 is 15.9 Å². The van der Waals surface area contributed by atoms with E-state index in [1.54, 1.807) is 16.7 Å². The molecule has 0 atom stereocenters. The summed E-state index contributed by atoms with van der Waals surface area (Å²) >= 11 is 0. The molecule has 2 aromatic rings. The van der Waals surface area contributed by atoms with Crippen LogP contribution in [0.4, 0.5) is 5.95 Å². The fourth-order valence-corrected chi connectivity index (χ4v) is 2.75. The number of hydrogen-bond acceptors (Lipinski definition) is 5. The third-order valence-electron chi connectivity index (χ3n) is 3.71. The maximum Gasteiger partial charge on any atom is 0.490 e. The molecule has 1 aromatic carbocycles. The Morgan fingerprint density at radius 3 is 2.75 bits per heavy atom. The smallest absolute Gasteiger partial charge is 0.423 e. The summed E-state index contributed by atoms with van der Waals surface area (Å²) in [6.45, 7) is 3.30. The van der Waals surface area contributed by atoms with Gasteiger partial charge in [0.15, 0.2) is 0 Å². The Hall–Kier alpha value is -1.86. The lowest BCUT2D eigenvalue weighted by molar-refractivity contribution is 0.426. The molecule has 1 aromatic heterocycles. The molecule has 3 rings (SSSR count). The van der Waals surface area contributed by atoms with Gasteiger partial charge in [0.05, 0.1) is 10.9 Å². The van der Waals surface area contributed by atoms with Crippen molar-refractivity contribution < 1.29 is 10.0 Å². The van der Waals surface area contributed by atoms with Crippen molar-refractivity contribution in [1.82, 2.24) is 9.55 Å². The lowest BCUT2D eigenvalue weighted by Gasteiger charge is -2.27. The largest absolute Gasteiger partial charge is 0.490 e. The van der Waals surface area contributed by atoms with E-state index in [0.29, 0.717) is 23.4 Å². The standard InChI is InChI=1S/C13H16BN3O3/c1-8-6-9-11(10(7-8)14(19)20)15-13-16(2)4-3-5-17(13)12(9)18/h6-7,19-20H,3-5H2,1-2H3. The molecule has 0 saturated heterocycles. The lowest BCUT2D eigenvalue weighted by Crippen LogP contribution is -2.39. The zero-order chi connectivity index (χ0) is 14.4. The van der Waals surface area contributed by atoms with Crippen LogP contribution in [0.15, 0.2) is 16.9 Å². The third kappa shape index (κ3) is 1.90. The topological polar surface area (TPSA) is 78.6 Å². The van der Waals surface area contributed by atoms with Gasteiger partial charge >= 0.3 is 7.12 Å². The minimum Gasteiger partial charge on any atom is -0.423 e. The average Bonchev–Trinajstić information content (AvgIpc) is 2.40. The Bertz CT molecular complexity index is 742. The van der Waals surface area contributed by atoms with Crippen molar-refractivity contribution in [3.8, 4) is 0 Å². The molecular weight excluding hydrogens is 257 g/mol. The Kier molecular flexibility index (Phi) is 3.03. The second-order valence-electron chi connectivity index (χ2n) is 5.27. The molecule has 104 valence electrons. The highest BCUT2D eigenvalue weighted by Crippen LogP contribution is 2.18. The maximum atomic E-state index is 12.6. The van der Waals surface area contributed by atoms with Gasteiger partial charge in [-0.1, -0.05) is 11.6 Å². The molecule has 20 heavy (non-hydrogen) atoms. The van der Waals surface area contributed by atoms with E-state index in [9.17, 15) is 14.8 Å². The SMILES string of the molecule is Cc1cc(B(O)O)c2nc3n(c(=O)c2c1)CCCN3C. The van der Waals surface area contributed by atoms with E-state index in [1.165, 1.54) is 0 Å². The van der Waals surface area contributed by atoms with E-state index < -0.39 is 7.12 Å². The molecule has 1 aliphatic heterocycles. The number of benzene rings is 1. The molecule has 6 nitrogen and oxygen atoms in total. The monoisotopic (exact) mass is 273 g/mol. The molecule has 0 spiro atoms. The summed E-state index contributed by atoms with van der Waals surface area (Å²) in [7, 11) is 0.244. The van der Waals surface area contributed by atoms with Crippen LogP contribution in [0.2, 0.25) is 0 Å². The van der Waals surface area contributed by atoms with Crippen LogP contribution in [0.5, 0.6) is 0 Å². The van der Waals surface area contributed by atoms with Gasteiger partial charge in [-0.25, -0.2) is 4.98 Å². The van der Waals surface area contributed by atoms with Gasteiger partial charge in [-0.2, -0.15) is 0 Å². The number of aromatic nitrogens is 2. The molecular formula is C13H16BN3O3. The van der Waals surface area contributed by atoms with E-state index in [1.807, 2.05) is 18.9 Å². The van der Waals surface area contributed by atoms with E-state index in [0.717, 1.165) is 18.5 Å². The Morgan fingerprint density at radius 1 is 1.30 bits per heavy atom. The Balaban J connectivity index is 2.43. The first-order valence-corrected chi connectivity index (χ1v) is 6.61. The highest BCUT2D eigenvalue weighted by Gasteiger charge is 2.23. The quantitative estimate of drug-likeness (QED) is 0.667. The van der Waals surface area contributed by atoms with Crippen molar-refractivity contribution >= 4 is 29.4 Å². The van der Waals surface area contributed by atoms with Gasteiger partial charge in [0.25, 0.3) is 5.56 Å². The van der Waals surface area contributed by atoms with Gasteiger partial charge in [0, 0.05) is 25.6 Å². The fraction of sp³-hybridized carbons (Fsp3) is 0.385. The first-order valence-electron chi connectivity index (χ1n) is 6.61. The molecule has 0 bridgehead atoms. The van der Waals surface area contributed by atoms with Crippen LogP contribution in [-0.2, 0) is 6.54 Å². The van der Waals surface area contributed by atoms with E-state index in [-0.39, 0.29) is 11.0 Å². The normalized spacial score (nSPS) is 14.5. The maximum absolute atomic E-state index is 12.6. The lowest BCUT2D eigenvalue weighted by atomic mass is 9.78. The van der Waals surface area contributed by atoms with E-state index >= 15 is 0 Å². The van der Waals surface area contributed by atoms with Crippen molar-refractivity contribution in [2.24, 2.45) is 0 Å². The van der Waals surface area contributed by atoms with Gasteiger partial charge in [-0.15, -0.1) is 0 Å². The second kappa shape index (κ2) is 4.61. The predicted octanol–water partition coefficient (Wildman–Crippen LogP) is -0.775. The zero-order valence-electron chi connectivity index (χ0n) is 11.5. The molecule has 7 heteroatoms. The Labute approximate surface area is 116 Å². The van der Waals surface area contributed by atoms with Crippen molar-refractivity contribution in [2.45, 2.75) is 19.9 Å². The number of fused-ring (bicyclic) bond motifs is 2. The summed E-state index contributed by atoms with van der Waals surface area (Å²) in [5, 5.41) is 19.4. The number of aryl methyl sites for hydroxylation is 1. The van der Waals surface area contributed by atoms with Crippen LogP contribution in [0.25, 0.3) is 10.9 Å². The van der Waals surface area contributed by atoms with Crippen molar-refractivity contribution in [3.05, 3.63) is 28.0 Å². The van der Waals surface area contributed by atoms with Gasteiger partial charge in [0.2, 0.25) is 5.95 Å². The number of anilines is 1. The zero-order valence-corrected chi connectivity index (χ0v) is 11.5. The molecule has 0 fully saturated rings. The first-order chi connectivity index (χ1) is 9.49. The average molecular weight is 273 g/mol. The fourth-order valence-electron chi connectivity index (χ4n) is 2.75. The first kappa shape index (κ1) is 13.1. The number of nitrogens with zero attached hydrogens (tertiary/aromatic N) is 3. The number of rotatable bonds is 1. The summed E-state index contributed by atoms with van der Waals surface area (Å²) in [4.78, 5) is 19.0. The highest BCUT2D eigenvalue weighted by atomic mass is 16.4. The van der Waals surface area contributed by atoms with Crippen LogP contribution in [-0.4, -0.2) is 40.3 Å². The minimum absolute atomic E-state index is 0.123. The van der Waals surface area contributed by atoms with Crippen LogP contribution in [0.1, 0.15) is 12.0 Å². The molecule has 0 radical (unpaired) electrons. The summed E-state index contributed by atoms with van der Waals surface area (Å²) in [6.07, 6.45) is 0.901. The summed E-state index contributed by atoms with van der Waals surface area (Å²) in [5.41, 5.74) is 1.33. The summed E-state index contributed by atoms with van der Waals surface area (Å²) < 4.78 is 1.65. The van der Waals surface area contributed by atoms with Crippen molar-refractivity contribution in [1.29, 1.82) is 0 Å². The van der Waals surface area contributed by atoms with Gasteiger partial charge in [0.1, 0.15) is 0 Å². The predicted molar refractivity (Wildman–Crippen MR) is 78.5 cm³/mol. The molecule has 0 unspecified atom stereocenters. The third-order valence-corrected chi connectivity index (χ3v) is 3.71. The molecule has 2 N–H and O–H groups in total. The second-order valence-corrected chi connectivity index (χ2v) is 5.27. The van der Waals surface area contributed by atoms with Crippen LogP contribution >= 0.6 is 0 Å². The van der Waals surface area contributed by atoms with Gasteiger partial charge < -0.3 is 14.9 Å². The van der Waals surface area contributed by atoms with Crippen molar-refractivity contribution in [2.75, 3.05) is 18.5 Å². The van der Waals surface area contributed by atoms with E-state index in [2.05, 4.69) is 4.98 Å². The molecule has 0 saturated carbocycles. The molecule has 0 amide bonds. The van der Waals surface area contributed by atoms with E-state index in [4.69, 9.17) is 0 Å². The summed E-state index contributed by atoms with van der Waals surface area (Å²) in [6, 6.07) is 3.40. The van der Waals surface area contributed by atoms with Crippen molar-refractivity contribution in [3.63, 3.8) is 0 Å². The van der Waals surface area contributed by atoms with Gasteiger partial charge in [-0.3, -0.25) is 9.36 Å². The Morgan fingerprint density at radius 2 is 2.05 bits per heavy atom.